The molecule has 0 aromatic heterocycles. The Morgan fingerprint density at radius 1 is 0.742 bits per heavy atom. The second-order valence-corrected chi connectivity index (χ2v) is 9.37. The summed E-state index contributed by atoms with van der Waals surface area (Å²) in [4.78, 5) is 21.8. The number of hydrogen-bond donors (Lipinski definition) is 2. The van der Waals surface area contributed by atoms with Gasteiger partial charge in [0, 0.05) is 31.0 Å². The zero-order valence-electron chi connectivity index (χ0n) is 19.0. The average Bonchev–Trinajstić information content (AvgIpc) is 2.77. The Bertz CT molecular complexity index is 570. The van der Waals surface area contributed by atoms with Gasteiger partial charge < -0.3 is 10.6 Å². The van der Waals surface area contributed by atoms with Crippen LogP contribution in [-0.2, 0) is 9.59 Å². The summed E-state index contributed by atoms with van der Waals surface area (Å²) in [6, 6.07) is 0. The Hall–Kier alpha value is -1.66. The molecular formula is C25H40N2O2S2. The van der Waals surface area contributed by atoms with Crippen molar-refractivity contribution < 1.29 is 9.59 Å². The Morgan fingerprint density at radius 3 is 1.81 bits per heavy atom. The van der Waals surface area contributed by atoms with E-state index in [1.807, 2.05) is 0 Å². The van der Waals surface area contributed by atoms with Crippen molar-refractivity contribution in [1.82, 2.24) is 10.6 Å². The number of rotatable bonds is 21. The molecule has 0 bridgehead atoms. The SMILES string of the molecule is CC/C=C\C/C=C\C/C=C\C/C=C\C/C=C\CCCC(=O)NCCSSCCNC=O. The zero-order valence-corrected chi connectivity index (χ0v) is 20.6. The van der Waals surface area contributed by atoms with Gasteiger partial charge in [0.2, 0.25) is 12.3 Å². The lowest BCUT2D eigenvalue weighted by Crippen LogP contribution is -2.25. The monoisotopic (exact) mass is 464 g/mol. The second kappa shape index (κ2) is 26.4. The van der Waals surface area contributed by atoms with Crippen molar-refractivity contribution in [3.8, 4) is 0 Å². The van der Waals surface area contributed by atoms with Gasteiger partial charge in [0.1, 0.15) is 0 Å². The third-order valence-corrected chi connectivity index (χ3v) is 6.34. The second-order valence-electron chi connectivity index (χ2n) is 6.67. The molecular weight excluding hydrogens is 424 g/mol. The summed E-state index contributed by atoms with van der Waals surface area (Å²) in [5, 5.41) is 5.57. The van der Waals surface area contributed by atoms with Crippen LogP contribution in [0.4, 0.5) is 0 Å². The first-order valence-electron chi connectivity index (χ1n) is 11.2. The Labute approximate surface area is 197 Å². The molecule has 0 saturated carbocycles. The van der Waals surface area contributed by atoms with E-state index in [0.717, 1.165) is 56.5 Å². The maximum atomic E-state index is 11.8. The van der Waals surface area contributed by atoms with Gasteiger partial charge in [-0.15, -0.1) is 0 Å². The van der Waals surface area contributed by atoms with E-state index in [9.17, 15) is 9.59 Å². The largest absolute Gasteiger partial charge is 0.358 e. The van der Waals surface area contributed by atoms with Crippen LogP contribution in [0.5, 0.6) is 0 Å². The van der Waals surface area contributed by atoms with Crippen molar-refractivity contribution in [2.45, 2.75) is 58.3 Å². The molecule has 174 valence electrons. The summed E-state index contributed by atoms with van der Waals surface area (Å²) in [7, 11) is 3.42. The number of carbonyl (C=O) groups excluding carboxylic acids is 2. The molecule has 4 nitrogen and oxygen atoms in total. The van der Waals surface area contributed by atoms with Crippen LogP contribution in [-0.4, -0.2) is 36.9 Å². The quantitative estimate of drug-likeness (QED) is 0.0925. The number of nitrogens with one attached hydrogen (secondary N) is 2. The molecule has 31 heavy (non-hydrogen) atoms. The fourth-order valence-electron chi connectivity index (χ4n) is 2.35. The van der Waals surface area contributed by atoms with E-state index in [-0.39, 0.29) is 5.91 Å². The predicted molar refractivity (Wildman–Crippen MR) is 140 cm³/mol. The fourth-order valence-corrected chi connectivity index (χ4v) is 4.18. The van der Waals surface area contributed by atoms with E-state index in [1.165, 1.54) is 0 Å². The van der Waals surface area contributed by atoms with Crippen molar-refractivity contribution in [2.24, 2.45) is 0 Å². The van der Waals surface area contributed by atoms with Crippen LogP contribution >= 0.6 is 21.6 Å². The van der Waals surface area contributed by atoms with E-state index in [2.05, 4.69) is 78.3 Å². The third kappa shape index (κ3) is 26.3. The summed E-state index contributed by atoms with van der Waals surface area (Å²) in [6.07, 6.45) is 30.1. The first-order chi connectivity index (χ1) is 15.3. The van der Waals surface area contributed by atoms with E-state index in [0.29, 0.717) is 25.9 Å². The van der Waals surface area contributed by atoms with Crippen LogP contribution < -0.4 is 10.6 Å². The number of hydrogen-bond acceptors (Lipinski definition) is 4. The highest BCUT2D eigenvalue weighted by molar-refractivity contribution is 8.76. The molecule has 0 radical (unpaired) electrons. The Morgan fingerprint density at radius 2 is 1.26 bits per heavy atom. The van der Waals surface area contributed by atoms with Crippen LogP contribution in [0.15, 0.2) is 60.8 Å². The first-order valence-corrected chi connectivity index (χ1v) is 13.7. The minimum atomic E-state index is 0.126. The van der Waals surface area contributed by atoms with E-state index in [4.69, 9.17) is 0 Å². The lowest BCUT2D eigenvalue weighted by molar-refractivity contribution is -0.121. The highest BCUT2D eigenvalue weighted by Crippen LogP contribution is 2.19. The van der Waals surface area contributed by atoms with Gasteiger partial charge >= 0.3 is 0 Å². The molecule has 0 rings (SSSR count). The van der Waals surface area contributed by atoms with Crippen molar-refractivity contribution in [3.05, 3.63) is 60.8 Å². The number of allylic oxidation sites excluding steroid dienone is 10. The maximum absolute atomic E-state index is 11.8. The Balaban J connectivity index is 3.45. The minimum absolute atomic E-state index is 0.126. The van der Waals surface area contributed by atoms with Gasteiger partial charge in [-0.3, -0.25) is 9.59 Å². The standard InChI is InChI=1S/C25H40N2O2S2/c1-2-3-4-5-6-7-8-9-10-11-12-13-14-15-16-17-18-19-25(29)27-21-23-31-30-22-20-26-24-28/h3-4,6-7,9-10,12-13,15-16,24H,2,5,8,11,14,17-23H2,1H3,(H,26,28)(H,27,29)/b4-3-,7-6-,10-9-,13-12-,16-15-. The topological polar surface area (TPSA) is 58.2 Å². The van der Waals surface area contributed by atoms with Gasteiger partial charge in [-0.1, -0.05) is 89.3 Å². The lowest BCUT2D eigenvalue weighted by Gasteiger charge is -2.04. The summed E-state index contributed by atoms with van der Waals surface area (Å²) in [5.74, 6) is 1.89. The third-order valence-electron chi connectivity index (χ3n) is 3.94. The normalized spacial score (nSPS) is 12.2. The van der Waals surface area contributed by atoms with Gasteiger partial charge in [0.05, 0.1) is 0 Å². The summed E-state index contributed by atoms with van der Waals surface area (Å²) < 4.78 is 0. The van der Waals surface area contributed by atoms with Crippen molar-refractivity contribution in [2.75, 3.05) is 24.6 Å². The molecule has 2 N–H and O–H groups in total. The highest BCUT2D eigenvalue weighted by Gasteiger charge is 1.99. The lowest BCUT2D eigenvalue weighted by atomic mass is 10.2. The Kier molecular flexibility index (Phi) is 25.0. The van der Waals surface area contributed by atoms with Crippen molar-refractivity contribution in [1.29, 1.82) is 0 Å². The molecule has 0 spiro atoms. The van der Waals surface area contributed by atoms with Crippen molar-refractivity contribution in [3.63, 3.8) is 0 Å². The molecule has 0 aromatic rings. The number of amides is 2. The predicted octanol–water partition coefficient (Wildman–Crippen LogP) is 6.15. The van der Waals surface area contributed by atoms with E-state index >= 15 is 0 Å². The molecule has 6 heteroatoms. The molecule has 0 fully saturated rings. The van der Waals surface area contributed by atoms with E-state index < -0.39 is 0 Å². The molecule has 0 heterocycles. The van der Waals surface area contributed by atoms with Gasteiger partial charge in [0.25, 0.3) is 0 Å². The molecule has 2 amide bonds. The summed E-state index contributed by atoms with van der Waals surface area (Å²) >= 11 is 0. The van der Waals surface area contributed by atoms with Gasteiger partial charge in [-0.05, 0) is 44.9 Å². The van der Waals surface area contributed by atoms with Crippen LogP contribution in [0, 0.1) is 0 Å². The van der Waals surface area contributed by atoms with Crippen LogP contribution in [0.3, 0.4) is 0 Å². The van der Waals surface area contributed by atoms with Gasteiger partial charge in [0.15, 0.2) is 0 Å². The van der Waals surface area contributed by atoms with Gasteiger partial charge in [-0.2, -0.15) is 0 Å². The molecule has 0 aliphatic heterocycles. The average molecular weight is 465 g/mol. The first kappa shape index (κ1) is 29.3. The van der Waals surface area contributed by atoms with Crippen LogP contribution in [0.1, 0.15) is 58.3 Å². The molecule has 0 aliphatic rings. The van der Waals surface area contributed by atoms with Crippen molar-refractivity contribution >= 4 is 33.9 Å². The molecule has 0 unspecified atom stereocenters. The zero-order chi connectivity index (χ0) is 22.7. The van der Waals surface area contributed by atoms with Gasteiger partial charge in [-0.25, -0.2) is 0 Å². The maximum Gasteiger partial charge on any atom is 0.220 e. The molecule has 0 aromatic carbocycles. The van der Waals surface area contributed by atoms with Crippen LogP contribution in [0.2, 0.25) is 0 Å². The summed E-state index contributed by atoms with van der Waals surface area (Å²) in [6.45, 7) is 3.53. The minimum Gasteiger partial charge on any atom is -0.358 e. The molecule has 0 aliphatic carbocycles. The fraction of sp³-hybridized carbons (Fsp3) is 0.520. The number of carbonyl (C=O) groups is 2. The molecule has 0 saturated heterocycles. The smallest absolute Gasteiger partial charge is 0.220 e. The van der Waals surface area contributed by atoms with Crippen LogP contribution in [0.25, 0.3) is 0 Å². The highest BCUT2D eigenvalue weighted by atomic mass is 33.1. The number of unbranched alkanes of at least 4 members (excludes halogenated alkanes) is 1. The summed E-state index contributed by atoms with van der Waals surface area (Å²) in [5.41, 5.74) is 0. The molecule has 0 atom stereocenters. The van der Waals surface area contributed by atoms with E-state index in [1.54, 1.807) is 21.6 Å².